The largest absolute Gasteiger partial charge is 0.370 e. The van der Waals surface area contributed by atoms with Gasteiger partial charge in [-0.1, -0.05) is 25.2 Å². The van der Waals surface area contributed by atoms with Crippen LogP contribution >= 0.6 is 0 Å². The Balaban J connectivity index is 2.22. The summed E-state index contributed by atoms with van der Waals surface area (Å²) in [6.45, 7) is 5.57. The van der Waals surface area contributed by atoms with Crippen molar-refractivity contribution in [3.8, 4) is 6.07 Å². The molecule has 0 bridgehead atoms. The first-order valence-corrected chi connectivity index (χ1v) is 10.5. The molecule has 3 nitrogen and oxygen atoms in total. The summed E-state index contributed by atoms with van der Waals surface area (Å²) in [4.78, 5) is 2.21. The van der Waals surface area contributed by atoms with Gasteiger partial charge >= 0.3 is 0 Å². The van der Waals surface area contributed by atoms with E-state index in [1.165, 1.54) is 5.57 Å². The van der Waals surface area contributed by atoms with Crippen LogP contribution in [0.2, 0.25) is 0 Å². The van der Waals surface area contributed by atoms with E-state index in [-0.39, 0.29) is 5.60 Å². The number of hydrogen-bond acceptors (Lipinski definition) is 3. The van der Waals surface area contributed by atoms with Crippen molar-refractivity contribution in [2.24, 2.45) is 11.8 Å². The maximum absolute atomic E-state index is 14.6. The van der Waals surface area contributed by atoms with E-state index in [1.807, 2.05) is 6.08 Å². The Labute approximate surface area is 165 Å². The fourth-order valence-corrected chi connectivity index (χ4v) is 4.88. The monoisotopic (exact) mass is 376 g/mol. The Hall–Kier alpha value is -1.18. The molecule has 4 heteroatoms. The number of nitrogens with zero attached hydrogens (tertiary/aromatic N) is 2. The molecule has 3 unspecified atom stereocenters. The topological polar surface area (TPSA) is 36.3 Å². The third-order valence-electron chi connectivity index (χ3n) is 5.98. The van der Waals surface area contributed by atoms with E-state index in [1.54, 1.807) is 13.0 Å². The molecule has 4 atom stereocenters. The van der Waals surface area contributed by atoms with Crippen molar-refractivity contribution < 1.29 is 9.13 Å². The van der Waals surface area contributed by atoms with Crippen molar-refractivity contribution in [1.82, 2.24) is 4.90 Å². The first kappa shape index (κ1) is 22.1. The molecule has 0 aromatic carbocycles. The van der Waals surface area contributed by atoms with E-state index < -0.39 is 5.67 Å². The first-order valence-electron chi connectivity index (χ1n) is 10.5. The van der Waals surface area contributed by atoms with Gasteiger partial charge in [-0.25, -0.2) is 4.39 Å². The highest BCUT2D eigenvalue weighted by atomic mass is 19.1. The van der Waals surface area contributed by atoms with E-state index in [2.05, 4.69) is 38.1 Å². The van der Waals surface area contributed by atoms with Gasteiger partial charge in [-0.3, -0.25) is 0 Å². The van der Waals surface area contributed by atoms with Gasteiger partial charge in [0.25, 0.3) is 0 Å². The second-order valence-corrected chi connectivity index (χ2v) is 8.86. The number of rotatable bonds is 9. The molecule has 27 heavy (non-hydrogen) atoms. The number of nitriles is 1. The molecule has 2 aliphatic rings. The molecular formula is C23H37FN2O. The third-order valence-corrected chi connectivity index (χ3v) is 5.98. The van der Waals surface area contributed by atoms with Gasteiger partial charge < -0.3 is 9.64 Å². The highest BCUT2D eigenvalue weighted by molar-refractivity contribution is 5.26. The lowest BCUT2D eigenvalue weighted by atomic mass is 9.72. The van der Waals surface area contributed by atoms with Gasteiger partial charge in [0.2, 0.25) is 0 Å². The maximum Gasteiger partial charge on any atom is 0.126 e. The van der Waals surface area contributed by atoms with Crippen LogP contribution in [0.25, 0.3) is 0 Å². The van der Waals surface area contributed by atoms with Gasteiger partial charge in [-0.05, 0) is 84.0 Å². The fourth-order valence-electron chi connectivity index (χ4n) is 4.88. The number of allylic oxidation sites excluding steroid dienone is 3. The molecule has 0 spiro atoms. The maximum atomic E-state index is 14.6. The van der Waals surface area contributed by atoms with Crippen LogP contribution < -0.4 is 0 Å². The van der Waals surface area contributed by atoms with Crippen molar-refractivity contribution in [1.29, 1.82) is 5.26 Å². The summed E-state index contributed by atoms with van der Waals surface area (Å²) in [6, 6.07) is 2.29. The Morgan fingerprint density at radius 2 is 2.22 bits per heavy atom. The number of halogens is 1. The molecule has 0 aromatic rings. The van der Waals surface area contributed by atoms with Gasteiger partial charge in [-0.15, -0.1) is 0 Å². The Kier molecular flexibility index (Phi) is 8.06. The zero-order valence-corrected chi connectivity index (χ0v) is 17.6. The van der Waals surface area contributed by atoms with Gasteiger partial charge in [0.1, 0.15) is 5.67 Å². The minimum absolute atomic E-state index is 0.280. The highest BCUT2D eigenvalue weighted by Crippen LogP contribution is 2.48. The average molecular weight is 377 g/mol. The van der Waals surface area contributed by atoms with E-state index in [0.29, 0.717) is 31.3 Å². The molecule has 1 saturated heterocycles. The summed E-state index contributed by atoms with van der Waals surface area (Å²) in [5, 5.41) is 9.03. The number of hydrogen-bond donors (Lipinski definition) is 0. The van der Waals surface area contributed by atoms with Crippen LogP contribution in [0.3, 0.4) is 0 Å². The summed E-state index contributed by atoms with van der Waals surface area (Å²) in [5.41, 5.74) is -0.103. The van der Waals surface area contributed by atoms with Gasteiger partial charge in [-0.2, -0.15) is 5.26 Å². The van der Waals surface area contributed by atoms with E-state index in [9.17, 15) is 4.39 Å². The van der Waals surface area contributed by atoms with Gasteiger partial charge in [0.05, 0.1) is 18.3 Å². The molecule has 152 valence electrons. The third kappa shape index (κ3) is 6.16. The van der Waals surface area contributed by atoms with Crippen LogP contribution in [0.5, 0.6) is 0 Å². The molecule has 0 radical (unpaired) electrons. The fraction of sp³-hybridized carbons (Fsp3) is 0.783. The van der Waals surface area contributed by atoms with Crippen LogP contribution in [-0.4, -0.2) is 43.4 Å². The molecule has 1 aliphatic carbocycles. The van der Waals surface area contributed by atoms with Gasteiger partial charge in [0.15, 0.2) is 0 Å². The lowest BCUT2D eigenvalue weighted by Gasteiger charge is -2.37. The second kappa shape index (κ2) is 9.85. The lowest BCUT2D eigenvalue weighted by Crippen LogP contribution is -2.36. The Morgan fingerprint density at radius 1 is 1.44 bits per heavy atom. The first-order chi connectivity index (χ1) is 12.8. The Morgan fingerprint density at radius 3 is 2.85 bits per heavy atom. The summed E-state index contributed by atoms with van der Waals surface area (Å²) < 4.78 is 21.1. The number of alkyl halides is 1. The van der Waals surface area contributed by atoms with Crippen molar-refractivity contribution in [3.63, 3.8) is 0 Å². The molecule has 2 rings (SSSR count). The second-order valence-electron chi connectivity index (χ2n) is 8.86. The molecule has 0 saturated carbocycles. The predicted octanol–water partition coefficient (Wildman–Crippen LogP) is 5.44. The summed E-state index contributed by atoms with van der Waals surface area (Å²) in [6.07, 6.45) is 12.9. The van der Waals surface area contributed by atoms with E-state index in [4.69, 9.17) is 10.00 Å². The van der Waals surface area contributed by atoms with Crippen molar-refractivity contribution >= 4 is 0 Å². The molecular weight excluding hydrogens is 339 g/mol. The van der Waals surface area contributed by atoms with Crippen LogP contribution in [0, 0.1) is 23.2 Å². The zero-order valence-electron chi connectivity index (χ0n) is 17.6. The molecule has 1 fully saturated rings. The molecule has 0 amide bonds. The standard InChI is InChI=1S/C23H37FN2O/c1-5-9-21-20(11-7-14-25)18-27-23(21,13-8-15-26(3)4)17-19-10-6-12-22(2,24)16-19/h6,9,12,19-20H,5,7-8,10-11,13,15-18H2,1-4H3/b21-9+/t19-,20?,22?,23?/m1/s1. The normalized spacial score (nSPS) is 35.1. The summed E-state index contributed by atoms with van der Waals surface area (Å²) in [7, 11) is 4.20. The molecule has 1 aliphatic heterocycles. The van der Waals surface area contributed by atoms with Crippen LogP contribution in [0.1, 0.15) is 65.2 Å². The smallest absolute Gasteiger partial charge is 0.126 e. The minimum Gasteiger partial charge on any atom is -0.370 e. The SMILES string of the molecule is CC/C=C1\C(CCC#N)COC1(CCCN(C)C)C[C@@H]1CC=CC(C)(F)C1. The zero-order chi connectivity index (χ0) is 19.9. The molecule has 1 heterocycles. The van der Waals surface area contributed by atoms with Crippen LogP contribution in [-0.2, 0) is 4.74 Å². The van der Waals surface area contributed by atoms with Crippen molar-refractivity contribution in [2.45, 2.75) is 76.5 Å². The van der Waals surface area contributed by atoms with Crippen molar-refractivity contribution in [2.75, 3.05) is 27.2 Å². The highest BCUT2D eigenvalue weighted by Gasteiger charge is 2.46. The Bertz CT molecular complexity index is 575. The van der Waals surface area contributed by atoms with E-state index in [0.717, 1.165) is 45.1 Å². The quantitative estimate of drug-likeness (QED) is 0.503. The predicted molar refractivity (Wildman–Crippen MR) is 109 cm³/mol. The van der Waals surface area contributed by atoms with Crippen LogP contribution in [0.4, 0.5) is 4.39 Å². The lowest BCUT2D eigenvalue weighted by molar-refractivity contribution is -0.0124. The summed E-state index contributed by atoms with van der Waals surface area (Å²) >= 11 is 0. The molecule has 0 N–H and O–H groups in total. The summed E-state index contributed by atoms with van der Waals surface area (Å²) in [5.74, 6) is 0.638. The van der Waals surface area contributed by atoms with Crippen LogP contribution in [0.15, 0.2) is 23.8 Å². The van der Waals surface area contributed by atoms with E-state index >= 15 is 0 Å². The van der Waals surface area contributed by atoms with Crippen molar-refractivity contribution in [3.05, 3.63) is 23.8 Å². The average Bonchev–Trinajstić information content (AvgIpc) is 2.90. The number of ether oxygens (including phenoxy) is 1. The molecule has 0 aromatic heterocycles. The minimum atomic E-state index is -1.21. The van der Waals surface area contributed by atoms with Gasteiger partial charge in [0, 0.05) is 12.3 Å².